The van der Waals surface area contributed by atoms with Crippen molar-refractivity contribution < 1.29 is 27.6 Å². The number of rotatable bonds is 10. The number of hydrogen-bond acceptors (Lipinski definition) is 6. The second-order valence-electron chi connectivity index (χ2n) is 9.32. The van der Waals surface area contributed by atoms with E-state index in [1.807, 2.05) is 6.55 Å². The molecule has 1 aliphatic rings. The summed E-state index contributed by atoms with van der Waals surface area (Å²) in [6, 6.07) is -0.407. The van der Waals surface area contributed by atoms with Crippen molar-refractivity contribution in [2.45, 2.75) is 64.0 Å². The Bertz CT molecular complexity index is 638. The van der Waals surface area contributed by atoms with E-state index in [4.69, 9.17) is 18.0 Å². The van der Waals surface area contributed by atoms with Gasteiger partial charge < -0.3 is 27.8 Å². The largest absolute Gasteiger partial charge is 0.445 e. The molecule has 0 saturated carbocycles. The Kier molecular flexibility index (Phi) is 10.5. The summed E-state index contributed by atoms with van der Waals surface area (Å²) in [7, 11) is -2.14. The van der Waals surface area contributed by atoms with Crippen LogP contribution in [0.15, 0.2) is 25.3 Å². The van der Waals surface area contributed by atoms with E-state index in [-0.39, 0.29) is 30.3 Å². The fraction of sp³-hybridized carbons (Fsp3) is 0.714. The first-order valence-electron chi connectivity index (χ1n) is 10.7. The molecule has 3 atom stereocenters. The van der Waals surface area contributed by atoms with E-state index < -0.39 is 29.8 Å². The second kappa shape index (κ2) is 11.8. The van der Waals surface area contributed by atoms with Crippen LogP contribution < -0.4 is 0 Å². The lowest BCUT2D eigenvalue weighted by molar-refractivity contribution is 0.0898. The van der Waals surface area contributed by atoms with Crippen molar-refractivity contribution in [1.29, 1.82) is 0 Å². The number of amides is 2. The number of likely N-dealkylation sites (tertiary alicyclic amines) is 1. The predicted molar refractivity (Wildman–Crippen MR) is 127 cm³/mol. The SMILES string of the molecule is C=CCOC(=O)N(C)[C@H]1C[C@@H](CO[SiH](C)O[Si](C)(C)C(C)(C)C)N(C(=O)OCC=C)C1. The van der Waals surface area contributed by atoms with Gasteiger partial charge in [0.05, 0.1) is 18.7 Å². The lowest BCUT2D eigenvalue weighted by Gasteiger charge is -2.38. The highest BCUT2D eigenvalue weighted by atomic mass is 28.4. The molecule has 1 rings (SSSR count). The van der Waals surface area contributed by atoms with E-state index in [1.165, 1.54) is 17.1 Å². The zero-order chi connectivity index (χ0) is 23.8. The van der Waals surface area contributed by atoms with E-state index in [9.17, 15) is 9.59 Å². The minimum absolute atomic E-state index is 0.102. The highest BCUT2D eigenvalue weighted by Gasteiger charge is 2.41. The van der Waals surface area contributed by atoms with Gasteiger partial charge in [-0.15, -0.1) is 0 Å². The standard InChI is InChI=1S/C21H40N2O6Si2/c1-10-12-26-19(24)22(6)17-14-18(23(15-17)20(25)27-13-11-2)16-28-30(7)29-31(8,9)21(3,4)5/h10-11,17-18,30H,1-2,12-16H2,3-9H3/t17-,18-,30?/m0/s1. The van der Waals surface area contributed by atoms with Gasteiger partial charge in [0.1, 0.15) is 13.2 Å². The van der Waals surface area contributed by atoms with Gasteiger partial charge in [0, 0.05) is 13.6 Å². The van der Waals surface area contributed by atoms with E-state index in [2.05, 4.69) is 47.0 Å². The highest BCUT2D eigenvalue weighted by molar-refractivity contribution is 6.79. The van der Waals surface area contributed by atoms with Crippen LogP contribution in [0.4, 0.5) is 9.59 Å². The van der Waals surface area contributed by atoms with Crippen molar-refractivity contribution >= 4 is 29.8 Å². The van der Waals surface area contributed by atoms with Crippen molar-refractivity contribution in [2.75, 3.05) is 33.4 Å². The van der Waals surface area contributed by atoms with Crippen molar-refractivity contribution in [2.24, 2.45) is 0 Å². The van der Waals surface area contributed by atoms with Crippen LogP contribution in [0.1, 0.15) is 27.2 Å². The molecule has 0 spiro atoms. The van der Waals surface area contributed by atoms with Gasteiger partial charge in [-0.1, -0.05) is 46.1 Å². The molecule has 1 unspecified atom stereocenters. The minimum atomic E-state index is -1.92. The van der Waals surface area contributed by atoms with Crippen LogP contribution in [0.25, 0.3) is 0 Å². The molecule has 1 saturated heterocycles. The van der Waals surface area contributed by atoms with Crippen LogP contribution in [0.2, 0.25) is 24.7 Å². The second-order valence-corrected chi connectivity index (χ2v) is 16.2. The Balaban J connectivity index is 2.80. The Hall–Kier alpha value is -1.63. The first-order valence-corrected chi connectivity index (χ1v) is 15.7. The molecule has 0 aromatic carbocycles. The molecular formula is C21H40N2O6Si2. The topological polar surface area (TPSA) is 77.5 Å². The van der Waals surface area contributed by atoms with Gasteiger partial charge in [-0.3, -0.25) is 0 Å². The summed E-state index contributed by atoms with van der Waals surface area (Å²) >= 11 is 0. The van der Waals surface area contributed by atoms with Gasteiger partial charge in [-0.2, -0.15) is 0 Å². The van der Waals surface area contributed by atoms with E-state index in [0.29, 0.717) is 19.6 Å². The maximum Gasteiger partial charge on any atom is 0.410 e. The molecule has 0 N–H and O–H groups in total. The zero-order valence-corrected chi connectivity index (χ0v) is 22.3. The van der Waals surface area contributed by atoms with Crippen LogP contribution in [-0.2, 0) is 18.0 Å². The molecule has 1 heterocycles. The summed E-state index contributed by atoms with van der Waals surface area (Å²) in [6.07, 6.45) is 2.73. The fourth-order valence-corrected chi connectivity index (χ4v) is 8.52. The van der Waals surface area contributed by atoms with Gasteiger partial charge in [-0.25, -0.2) is 9.59 Å². The van der Waals surface area contributed by atoms with Gasteiger partial charge in [-0.05, 0) is 31.1 Å². The number of carbonyl (C=O) groups is 2. The number of nitrogens with zero attached hydrogens (tertiary/aromatic N) is 2. The number of likely N-dealkylation sites (N-methyl/N-ethyl adjacent to an activating group) is 1. The van der Waals surface area contributed by atoms with Crippen LogP contribution >= 0.6 is 0 Å². The van der Waals surface area contributed by atoms with Crippen LogP contribution in [0, 0.1) is 0 Å². The molecule has 0 bridgehead atoms. The van der Waals surface area contributed by atoms with Crippen molar-refractivity contribution in [3.8, 4) is 0 Å². The van der Waals surface area contributed by atoms with Crippen molar-refractivity contribution in [3.05, 3.63) is 25.3 Å². The van der Waals surface area contributed by atoms with E-state index >= 15 is 0 Å². The summed E-state index contributed by atoms with van der Waals surface area (Å²) in [4.78, 5) is 27.9. The summed E-state index contributed by atoms with van der Waals surface area (Å²) in [6.45, 7) is 21.1. The molecule has 10 heteroatoms. The molecule has 0 aliphatic carbocycles. The molecule has 1 fully saturated rings. The van der Waals surface area contributed by atoms with Crippen LogP contribution in [0.3, 0.4) is 0 Å². The molecule has 0 radical (unpaired) electrons. The Morgan fingerprint density at radius 2 is 1.77 bits per heavy atom. The fourth-order valence-electron chi connectivity index (χ4n) is 3.02. The quantitative estimate of drug-likeness (QED) is 0.354. The smallest absolute Gasteiger partial charge is 0.410 e. The molecule has 0 aromatic rings. The Labute approximate surface area is 190 Å². The Morgan fingerprint density at radius 3 is 2.32 bits per heavy atom. The molecule has 1 aliphatic heterocycles. The first kappa shape index (κ1) is 27.4. The van der Waals surface area contributed by atoms with Gasteiger partial charge in [0.2, 0.25) is 0 Å². The normalized spacial score (nSPS) is 20.2. The average Bonchev–Trinajstić information content (AvgIpc) is 3.11. The summed E-state index contributed by atoms with van der Waals surface area (Å²) in [5.41, 5.74) is 0. The molecule has 178 valence electrons. The average molecular weight is 473 g/mol. The predicted octanol–water partition coefficient (Wildman–Crippen LogP) is 3.90. The molecular weight excluding hydrogens is 432 g/mol. The lowest BCUT2D eigenvalue weighted by atomic mass is 10.1. The molecule has 8 nitrogen and oxygen atoms in total. The maximum atomic E-state index is 12.6. The molecule has 0 aromatic heterocycles. The summed E-state index contributed by atoms with van der Waals surface area (Å²) in [5.74, 6) is 0. The number of ether oxygens (including phenoxy) is 2. The molecule has 31 heavy (non-hydrogen) atoms. The van der Waals surface area contributed by atoms with Crippen molar-refractivity contribution in [3.63, 3.8) is 0 Å². The maximum absolute atomic E-state index is 12.6. The lowest BCUT2D eigenvalue weighted by Crippen LogP contribution is -2.47. The van der Waals surface area contributed by atoms with Gasteiger partial charge in [0.15, 0.2) is 8.32 Å². The number of hydrogen-bond donors (Lipinski definition) is 0. The monoisotopic (exact) mass is 472 g/mol. The van der Waals surface area contributed by atoms with E-state index in [0.717, 1.165) is 0 Å². The third-order valence-electron chi connectivity index (χ3n) is 5.90. The van der Waals surface area contributed by atoms with Gasteiger partial charge in [0.25, 0.3) is 0 Å². The van der Waals surface area contributed by atoms with Crippen molar-refractivity contribution in [1.82, 2.24) is 9.80 Å². The summed E-state index contributed by atoms with van der Waals surface area (Å²) in [5, 5.41) is 0.102. The Morgan fingerprint density at radius 1 is 1.19 bits per heavy atom. The molecule has 2 amide bonds. The number of carbonyl (C=O) groups excluding carboxylic acids is 2. The third-order valence-corrected chi connectivity index (χ3v) is 13.9. The first-order chi connectivity index (χ1) is 14.3. The highest BCUT2D eigenvalue weighted by Crippen LogP contribution is 2.37. The zero-order valence-electron chi connectivity index (χ0n) is 20.2. The van der Waals surface area contributed by atoms with Gasteiger partial charge >= 0.3 is 21.5 Å². The van der Waals surface area contributed by atoms with E-state index in [1.54, 1.807) is 11.9 Å². The third kappa shape index (κ3) is 8.10. The van der Waals surface area contributed by atoms with Crippen LogP contribution in [0.5, 0.6) is 0 Å². The summed E-state index contributed by atoms with van der Waals surface area (Å²) < 4.78 is 22.9. The van der Waals surface area contributed by atoms with Crippen LogP contribution in [-0.4, -0.2) is 85.1 Å². The minimum Gasteiger partial charge on any atom is -0.445 e.